The van der Waals surface area contributed by atoms with Crippen LogP contribution in [0.2, 0.25) is 0 Å². The van der Waals surface area contributed by atoms with Crippen molar-refractivity contribution in [1.82, 2.24) is 5.32 Å². The van der Waals surface area contributed by atoms with Gasteiger partial charge in [0.15, 0.2) is 0 Å². The van der Waals surface area contributed by atoms with Gasteiger partial charge in [-0.05, 0) is 19.3 Å². The normalized spacial score (nSPS) is 13.7. The maximum Gasteiger partial charge on any atom is 0.237 e. The monoisotopic (exact) mass is 216 g/mol. The van der Waals surface area contributed by atoms with Crippen molar-refractivity contribution in [2.75, 3.05) is 6.54 Å². The molecule has 0 heterocycles. The maximum absolute atomic E-state index is 11.5. The number of amides is 1. The Kier molecular flexibility index (Phi) is 6.52. The molecule has 0 aromatic rings. The first-order chi connectivity index (χ1) is 6.99. The predicted octanol–water partition coefficient (Wildman–Crippen LogP) is 0.781. The van der Waals surface area contributed by atoms with Crippen LogP contribution in [0.25, 0.3) is 0 Å². The zero-order valence-corrected chi connectivity index (χ0v) is 10.0. The van der Waals surface area contributed by atoms with Crippen LogP contribution in [0.1, 0.15) is 46.5 Å². The Morgan fingerprint density at radius 2 is 1.93 bits per heavy atom. The summed E-state index contributed by atoms with van der Waals surface area (Å²) in [6.07, 6.45) is 2.84. The number of hydrogen-bond acceptors (Lipinski definition) is 3. The van der Waals surface area contributed by atoms with E-state index in [1.54, 1.807) is 0 Å². The van der Waals surface area contributed by atoms with Crippen LogP contribution in [-0.2, 0) is 4.79 Å². The third-order valence-electron chi connectivity index (χ3n) is 2.84. The molecule has 0 aromatic heterocycles. The molecular weight excluding hydrogens is 192 g/mol. The molecular formula is C11H24N2O2. The van der Waals surface area contributed by atoms with Gasteiger partial charge in [-0.15, -0.1) is 0 Å². The molecule has 0 saturated heterocycles. The molecule has 0 rings (SSSR count). The highest BCUT2D eigenvalue weighted by atomic mass is 16.3. The van der Waals surface area contributed by atoms with Gasteiger partial charge in [0.2, 0.25) is 5.91 Å². The fourth-order valence-corrected chi connectivity index (χ4v) is 1.32. The highest BCUT2D eigenvalue weighted by Gasteiger charge is 2.23. The van der Waals surface area contributed by atoms with Crippen molar-refractivity contribution in [3.8, 4) is 0 Å². The van der Waals surface area contributed by atoms with Gasteiger partial charge < -0.3 is 16.2 Å². The number of nitrogens with one attached hydrogen (secondary N) is 1. The average Bonchev–Trinajstić information content (AvgIpc) is 2.25. The van der Waals surface area contributed by atoms with E-state index < -0.39 is 11.6 Å². The summed E-state index contributed by atoms with van der Waals surface area (Å²) in [5.74, 6) is -0.169. The second-order valence-corrected chi connectivity index (χ2v) is 4.04. The first-order valence-electron chi connectivity index (χ1n) is 5.74. The molecule has 0 unspecified atom stereocenters. The van der Waals surface area contributed by atoms with Crippen LogP contribution in [0.5, 0.6) is 0 Å². The lowest BCUT2D eigenvalue weighted by Crippen LogP contribution is -2.47. The largest absolute Gasteiger partial charge is 0.388 e. The molecule has 0 aromatic carbocycles. The van der Waals surface area contributed by atoms with Crippen molar-refractivity contribution < 1.29 is 9.90 Å². The maximum atomic E-state index is 11.5. The quantitative estimate of drug-likeness (QED) is 0.588. The molecule has 0 aliphatic heterocycles. The van der Waals surface area contributed by atoms with Crippen LogP contribution >= 0.6 is 0 Å². The number of nitrogens with two attached hydrogens (primary N) is 1. The van der Waals surface area contributed by atoms with Gasteiger partial charge >= 0.3 is 0 Å². The number of carbonyl (C=O) groups excluding carboxylic acids is 1. The highest BCUT2D eigenvalue weighted by Crippen LogP contribution is 2.12. The van der Waals surface area contributed by atoms with E-state index in [-0.39, 0.29) is 12.5 Å². The smallest absolute Gasteiger partial charge is 0.237 e. The van der Waals surface area contributed by atoms with Gasteiger partial charge in [0.05, 0.1) is 11.6 Å². The summed E-state index contributed by atoms with van der Waals surface area (Å²) < 4.78 is 0. The van der Waals surface area contributed by atoms with Crippen molar-refractivity contribution in [3.05, 3.63) is 0 Å². The van der Waals surface area contributed by atoms with E-state index in [9.17, 15) is 9.90 Å². The minimum absolute atomic E-state index is 0.169. The molecule has 0 radical (unpaired) electrons. The van der Waals surface area contributed by atoms with Gasteiger partial charge in [0, 0.05) is 6.54 Å². The lowest BCUT2D eigenvalue weighted by Gasteiger charge is -2.26. The standard InChI is InChI=1S/C11H24N2O2/c1-4-7-9(12)10(14)13-8-11(15,5-2)6-3/h9,15H,4-8,12H2,1-3H3,(H,13,14)/t9-/m0/s1. The Labute approximate surface area is 92.2 Å². The minimum Gasteiger partial charge on any atom is -0.388 e. The van der Waals surface area contributed by atoms with Gasteiger partial charge in [0.25, 0.3) is 0 Å². The van der Waals surface area contributed by atoms with Crippen LogP contribution in [0.15, 0.2) is 0 Å². The molecule has 4 nitrogen and oxygen atoms in total. The van der Waals surface area contributed by atoms with Crippen LogP contribution in [0.4, 0.5) is 0 Å². The van der Waals surface area contributed by atoms with E-state index in [0.29, 0.717) is 19.3 Å². The van der Waals surface area contributed by atoms with Gasteiger partial charge in [-0.3, -0.25) is 4.79 Å². The third kappa shape index (κ3) is 5.14. The summed E-state index contributed by atoms with van der Waals surface area (Å²) in [7, 11) is 0. The van der Waals surface area contributed by atoms with E-state index in [0.717, 1.165) is 6.42 Å². The summed E-state index contributed by atoms with van der Waals surface area (Å²) in [6, 6.07) is -0.451. The predicted molar refractivity (Wildman–Crippen MR) is 61.4 cm³/mol. The molecule has 90 valence electrons. The summed E-state index contributed by atoms with van der Waals surface area (Å²) in [5, 5.41) is 12.6. The van der Waals surface area contributed by atoms with Crippen LogP contribution < -0.4 is 11.1 Å². The molecule has 0 fully saturated rings. The fraction of sp³-hybridized carbons (Fsp3) is 0.909. The van der Waals surface area contributed by atoms with E-state index in [2.05, 4.69) is 5.32 Å². The molecule has 0 bridgehead atoms. The van der Waals surface area contributed by atoms with Gasteiger partial charge in [-0.2, -0.15) is 0 Å². The summed E-state index contributed by atoms with van der Waals surface area (Å²) in [6.45, 7) is 6.08. The van der Waals surface area contributed by atoms with Gasteiger partial charge in [0.1, 0.15) is 0 Å². The van der Waals surface area contributed by atoms with Crippen molar-refractivity contribution in [2.45, 2.75) is 58.1 Å². The second kappa shape index (κ2) is 6.80. The number of carbonyl (C=O) groups is 1. The van der Waals surface area contributed by atoms with E-state index >= 15 is 0 Å². The van der Waals surface area contributed by atoms with Crippen molar-refractivity contribution in [2.24, 2.45) is 5.73 Å². The average molecular weight is 216 g/mol. The SMILES string of the molecule is CCC[C@H](N)C(=O)NCC(O)(CC)CC. The molecule has 1 atom stereocenters. The van der Waals surface area contributed by atoms with Crippen LogP contribution in [0, 0.1) is 0 Å². The second-order valence-electron chi connectivity index (χ2n) is 4.04. The highest BCUT2D eigenvalue weighted by molar-refractivity contribution is 5.81. The number of rotatable bonds is 7. The molecule has 0 aliphatic rings. The summed E-state index contributed by atoms with van der Waals surface area (Å²) in [5.41, 5.74) is 4.86. The molecule has 1 amide bonds. The Morgan fingerprint density at radius 3 is 2.33 bits per heavy atom. The lowest BCUT2D eigenvalue weighted by molar-refractivity contribution is -0.123. The van der Waals surface area contributed by atoms with E-state index in [4.69, 9.17) is 5.73 Å². The first-order valence-corrected chi connectivity index (χ1v) is 5.74. The third-order valence-corrected chi connectivity index (χ3v) is 2.84. The zero-order chi connectivity index (χ0) is 11.9. The first kappa shape index (κ1) is 14.4. The number of hydrogen-bond donors (Lipinski definition) is 3. The molecule has 4 N–H and O–H groups in total. The minimum atomic E-state index is -0.790. The van der Waals surface area contributed by atoms with Crippen LogP contribution in [0.3, 0.4) is 0 Å². The fourth-order valence-electron chi connectivity index (χ4n) is 1.32. The Morgan fingerprint density at radius 1 is 1.40 bits per heavy atom. The van der Waals surface area contributed by atoms with Gasteiger partial charge in [-0.1, -0.05) is 27.2 Å². The van der Waals surface area contributed by atoms with E-state index in [1.165, 1.54) is 0 Å². The molecule has 4 heteroatoms. The van der Waals surface area contributed by atoms with E-state index in [1.807, 2.05) is 20.8 Å². The summed E-state index contributed by atoms with van der Waals surface area (Å²) in [4.78, 5) is 11.5. The summed E-state index contributed by atoms with van der Waals surface area (Å²) >= 11 is 0. The molecule has 0 aliphatic carbocycles. The van der Waals surface area contributed by atoms with Crippen molar-refractivity contribution >= 4 is 5.91 Å². The Hall–Kier alpha value is -0.610. The van der Waals surface area contributed by atoms with Crippen LogP contribution in [-0.4, -0.2) is 29.2 Å². The topological polar surface area (TPSA) is 75.4 Å². The molecule has 0 spiro atoms. The number of aliphatic hydroxyl groups is 1. The lowest BCUT2D eigenvalue weighted by atomic mass is 9.97. The van der Waals surface area contributed by atoms with Gasteiger partial charge in [-0.25, -0.2) is 0 Å². The van der Waals surface area contributed by atoms with Crippen molar-refractivity contribution in [3.63, 3.8) is 0 Å². The molecule has 0 saturated carbocycles. The zero-order valence-electron chi connectivity index (χ0n) is 10.0. The Balaban J connectivity index is 3.98. The molecule has 15 heavy (non-hydrogen) atoms. The van der Waals surface area contributed by atoms with Crippen molar-refractivity contribution in [1.29, 1.82) is 0 Å². The Bertz CT molecular complexity index is 191.